The average Bonchev–Trinajstić information content (AvgIpc) is 2.63. The van der Waals surface area contributed by atoms with Crippen molar-refractivity contribution in [3.63, 3.8) is 0 Å². The van der Waals surface area contributed by atoms with E-state index in [1.54, 1.807) is 24.3 Å². The minimum absolute atomic E-state index is 0.117. The van der Waals surface area contributed by atoms with Crippen molar-refractivity contribution >= 4 is 12.0 Å². The number of aromatic nitrogens is 2. The van der Waals surface area contributed by atoms with Crippen molar-refractivity contribution in [1.82, 2.24) is 14.9 Å². The van der Waals surface area contributed by atoms with Crippen molar-refractivity contribution in [3.8, 4) is 23.1 Å². The lowest BCUT2D eigenvalue weighted by molar-refractivity contribution is 0.0248. The van der Waals surface area contributed by atoms with Crippen LogP contribution < -0.4 is 10.5 Å². The molecule has 134 valence electrons. The number of nitrogens with two attached hydrogens (primary N) is 1. The summed E-state index contributed by atoms with van der Waals surface area (Å²) in [6, 6.07) is 8.53. The summed E-state index contributed by atoms with van der Waals surface area (Å²) >= 11 is 0. The molecule has 0 saturated carbocycles. The molecule has 0 aliphatic carbocycles. The molecule has 1 amide bonds. The Morgan fingerprint density at radius 1 is 1.46 bits per heavy atom. The first-order valence-corrected chi connectivity index (χ1v) is 7.89. The Balaban J connectivity index is 1.79. The minimum atomic E-state index is -1.47. The highest BCUT2D eigenvalue weighted by molar-refractivity contribution is 5.65. The number of alkyl halides is 1. The summed E-state index contributed by atoms with van der Waals surface area (Å²) in [6.45, 7) is -0.0687. The van der Waals surface area contributed by atoms with E-state index in [9.17, 15) is 14.4 Å². The Hall–Kier alpha value is -3.41. The van der Waals surface area contributed by atoms with Gasteiger partial charge in [0.05, 0.1) is 17.8 Å². The lowest BCUT2D eigenvalue weighted by atomic mass is 10.0. The Morgan fingerprint density at radius 2 is 2.27 bits per heavy atom. The first kappa shape index (κ1) is 17.4. The van der Waals surface area contributed by atoms with Crippen LogP contribution in [-0.2, 0) is 0 Å². The van der Waals surface area contributed by atoms with E-state index in [1.807, 2.05) is 6.07 Å². The molecule has 2 atom stereocenters. The standard InChI is InChI=1S/C17H16FN5O3/c18-12-9-23(17(24)25)6-4-15(12)26-14-2-1-10(7-11(14)8-19)13-3-5-21-16(20)22-13/h1-3,5,7,12,15H,4,6,9H2,(H,24,25)(H2,20,21,22)/t12-,15+/m1/s1. The van der Waals surface area contributed by atoms with E-state index in [1.165, 1.54) is 6.20 Å². The van der Waals surface area contributed by atoms with Crippen LogP contribution in [-0.4, -0.2) is 51.4 Å². The quantitative estimate of drug-likeness (QED) is 0.861. The smallest absolute Gasteiger partial charge is 0.407 e. The molecule has 2 heterocycles. The molecule has 0 bridgehead atoms. The number of rotatable bonds is 3. The Labute approximate surface area is 148 Å². The zero-order valence-electron chi connectivity index (χ0n) is 13.7. The summed E-state index contributed by atoms with van der Waals surface area (Å²) in [5.74, 6) is 0.362. The highest BCUT2D eigenvalue weighted by atomic mass is 19.1. The van der Waals surface area contributed by atoms with Gasteiger partial charge in [-0.25, -0.2) is 19.2 Å². The number of hydrogen-bond acceptors (Lipinski definition) is 6. The molecule has 3 N–H and O–H groups in total. The Morgan fingerprint density at radius 3 is 2.92 bits per heavy atom. The zero-order chi connectivity index (χ0) is 18.7. The number of likely N-dealkylation sites (tertiary alicyclic amines) is 1. The molecule has 1 fully saturated rings. The van der Waals surface area contributed by atoms with Crippen LogP contribution >= 0.6 is 0 Å². The Bertz CT molecular complexity index is 870. The first-order valence-electron chi connectivity index (χ1n) is 7.89. The minimum Gasteiger partial charge on any atom is -0.486 e. The van der Waals surface area contributed by atoms with Crippen molar-refractivity contribution in [1.29, 1.82) is 5.26 Å². The van der Waals surface area contributed by atoms with E-state index in [0.29, 0.717) is 11.3 Å². The third-order valence-corrected chi connectivity index (χ3v) is 4.10. The van der Waals surface area contributed by atoms with Gasteiger partial charge in [0, 0.05) is 24.7 Å². The third kappa shape index (κ3) is 3.64. The number of hydrogen-bond donors (Lipinski definition) is 2. The predicted molar refractivity (Wildman–Crippen MR) is 90.1 cm³/mol. The maximum Gasteiger partial charge on any atom is 0.407 e. The highest BCUT2D eigenvalue weighted by Gasteiger charge is 2.33. The second-order valence-electron chi connectivity index (χ2n) is 5.81. The number of piperidine rings is 1. The monoisotopic (exact) mass is 357 g/mol. The van der Waals surface area contributed by atoms with Gasteiger partial charge in [0.1, 0.15) is 17.9 Å². The van der Waals surface area contributed by atoms with E-state index < -0.39 is 18.4 Å². The molecule has 1 saturated heterocycles. The van der Waals surface area contributed by atoms with Gasteiger partial charge < -0.3 is 20.5 Å². The normalized spacial score (nSPS) is 19.6. The first-order chi connectivity index (χ1) is 12.5. The maximum absolute atomic E-state index is 14.2. The van der Waals surface area contributed by atoms with Crippen molar-refractivity contribution in [3.05, 3.63) is 36.0 Å². The van der Waals surface area contributed by atoms with Crippen molar-refractivity contribution in [2.75, 3.05) is 18.8 Å². The second kappa shape index (κ2) is 7.23. The van der Waals surface area contributed by atoms with Crippen molar-refractivity contribution in [2.45, 2.75) is 18.7 Å². The van der Waals surface area contributed by atoms with Crippen molar-refractivity contribution < 1.29 is 19.0 Å². The molecule has 0 unspecified atom stereocenters. The molecule has 3 rings (SSSR count). The second-order valence-corrected chi connectivity index (χ2v) is 5.81. The van der Waals surface area contributed by atoms with Gasteiger partial charge in [0.15, 0.2) is 6.17 Å². The largest absolute Gasteiger partial charge is 0.486 e. The summed E-state index contributed by atoms with van der Waals surface area (Å²) in [5.41, 5.74) is 7.01. The van der Waals surface area contributed by atoms with Crippen molar-refractivity contribution in [2.24, 2.45) is 0 Å². The van der Waals surface area contributed by atoms with Crippen LogP contribution in [0.5, 0.6) is 5.75 Å². The molecule has 26 heavy (non-hydrogen) atoms. The number of halogens is 1. The van der Waals surface area contributed by atoms with Gasteiger partial charge in [-0.3, -0.25) is 0 Å². The molecule has 1 aromatic heterocycles. The number of nitriles is 1. The topological polar surface area (TPSA) is 125 Å². The molecule has 0 spiro atoms. The summed E-state index contributed by atoms with van der Waals surface area (Å²) < 4.78 is 19.9. The lowest BCUT2D eigenvalue weighted by Crippen LogP contribution is -2.48. The van der Waals surface area contributed by atoms with Gasteiger partial charge >= 0.3 is 6.09 Å². The van der Waals surface area contributed by atoms with Gasteiger partial charge in [0.2, 0.25) is 5.95 Å². The Kier molecular flexibility index (Phi) is 4.84. The number of amides is 1. The van der Waals surface area contributed by atoms with Crippen LogP contribution in [0, 0.1) is 11.3 Å². The number of nitrogens with zero attached hydrogens (tertiary/aromatic N) is 4. The maximum atomic E-state index is 14.2. The van der Waals surface area contributed by atoms with Crippen LogP contribution in [0.25, 0.3) is 11.3 Å². The number of carbonyl (C=O) groups is 1. The van der Waals surface area contributed by atoms with E-state index in [4.69, 9.17) is 15.6 Å². The fourth-order valence-electron chi connectivity index (χ4n) is 2.77. The third-order valence-electron chi connectivity index (χ3n) is 4.10. The molecular formula is C17H16FN5O3. The highest BCUT2D eigenvalue weighted by Crippen LogP contribution is 2.28. The van der Waals surface area contributed by atoms with E-state index in [2.05, 4.69) is 9.97 Å². The van der Waals surface area contributed by atoms with Crippen LogP contribution in [0.4, 0.5) is 15.1 Å². The summed E-state index contributed by atoms with van der Waals surface area (Å²) in [6.07, 6.45) is -1.70. The fourth-order valence-corrected chi connectivity index (χ4v) is 2.77. The van der Waals surface area contributed by atoms with Crippen LogP contribution in [0.2, 0.25) is 0 Å². The summed E-state index contributed by atoms with van der Waals surface area (Å²) in [4.78, 5) is 19.8. The van der Waals surface area contributed by atoms with Gasteiger partial charge in [-0.1, -0.05) is 0 Å². The molecular weight excluding hydrogens is 341 g/mol. The number of nitrogen functional groups attached to an aromatic ring is 1. The van der Waals surface area contributed by atoms with Gasteiger partial charge in [-0.05, 0) is 24.3 Å². The number of benzene rings is 1. The predicted octanol–water partition coefficient (Wildman–Crippen LogP) is 2.07. The summed E-state index contributed by atoms with van der Waals surface area (Å²) in [5, 5.41) is 18.3. The summed E-state index contributed by atoms with van der Waals surface area (Å²) in [7, 11) is 0. The van der Waals surface area contributed by atoms with E-state index in [-0.39, 0.29) is 36.8 Å². The number of anilines is 1. The van der Waals surface area contributed by atoms with Crippen LogP contribution in [0.1, 0.15) is 12.0 Å². The lowest BCUT2D eigenvalue weighted by Gasteiger charge is -2.33. The number of carboxylic acid groups (broad SMARTS) is 1. The van der Waals surface area contributed by atoms with Gasteiger partial charge in [-0.2, -0.15) is 5.26 Å². The molecule has 1 aliphatic heterocycles. The fraction of sp³-hybridized carbons (Fsp3) is 0.294. The van der Waals surface area contributed by atoms with Gasteiger partial charge in [0.25, 0.3) is 0 Å². The molecule has 0 radical (unpaired) electrons. The van der Waals surface area contributed by atoms with Crippen LogP contribution in [0.3, 0.4) is 0 Å². The molecule has 1 aromatic carbocycles. The SMILES string of the molecule is N#Cc1cc(-c2ccnc(N)n2)ccc1O[C@H]1CCN(C(=O)O)C[C@H]1F. The molecule has 8 nitrogen and oxygen atoms in total. The molecule has 9 heteroatoms. The van der Waals surface area contributed by atoms with E-state index in [0.717, 1.165) is 4.90 Å². The van der Waals surface area contributed by atoms with E-state index >= 15 is 0 Å². The molecule has 2 aromatic rings. The molecule has 1 aliphatic rings. The average molecular weight is 357 g/mol. The number of ether oxygens (including phenoxy) is 1. The van der Waals surface area contributed by atoms with Crippen LogP contribution in [0.15, 0.2) is 30.5 Å². The van der Waals surface area contributed by atoms with Gasteiger partial charge in [-0.15, -0.1) is 0 Å². The zero-order valence-corrected chi connectivity index (χ0v) is 13.7.